The number of ketones is 1. The van der Waals surface area contributed by atoms with Crippen LogP contribution >= 0.6 is 22.9 Å². The number of nitro benzene ring substituents is 1. The predicted molar refractivity (Wildman–Crippen MR) is 121 cm³/mol. The molecule has 0 radical (unpaired) electrons. The number of aromatic nitrogens is 1. The van der Waals surface area contributed by atoms with Crippen LogP contribution in [0.15, 0.2) is 54.1 Å². The van der Waals surface area contributed by atoms with Crippen LogP contribution in [0.1, 0.15) is 27.7 Å². The minimum atomic E-state index is -1.09. The molecule has 1 unspecified atom stereocenters. The average Bonchev–Trinajstić information content (AvgIpc) is 3.23. The molecule has 1 atom stereocenters. The van der Waals surface area contributed by atoms with Gasteiger partial charge < -0.3 is 5.11 Å². The standard InChI is InChI=1S/C22H16ClN3O5S/c1-11-12(2)32-22(24-11)25-18(14-4-3-5-16(10-14)26(30)31)17(20(28)21(25)29)19(27)13-6-8-15(23)9-7-13/h3-10,18,27H,1-2H3/b19-17+. The van der Waals surface area contributed by atoms with Crippen LogP contribution in [0.25, 0.3) is 5.76 Å². The van der Waals surface area contributed by atoms with Gasteiger partial charge in [-0.15, -0.1) is 11.3 Å². The first kappa shape index (κ1) is 21.7. The van der Waals surface area contributed by atoms with E-state index in [1.54, 1.807) is 25.1 Å². The Morgan fingerprint density at radius 2 is 1.88 bits per heavy atom. The molecule has 32 heavy (non-hydrogen) atoms. The number of Topliss-reactive ketones (excluding diaryl/α,β-unsaturated/α-hetero) is 1. The topological polar surface area (TPSA) is 114 Å². The van der Waals surface area contributed by atoms with Crippen molar-refractivity contribution in [1.29, 1.82) is 0 Å². The Hall–Kier alpha value is -3.56. The number of thiazole rings is 1. The molecule has 162 valence electrons. The van der Waals surface area contributed by atoms with Crippen LogP contribution in [-0.4, -0.2) is 26.7 Å². The van der Waals surface area contributed by atoms with E-state index in [1.807, 2.05) is 6.92 Å². The summed E-state index contributed by atoms with van der Waals surface area (Å²) in [7, 11) is 0. The van der Waals surface area contributed by atoms with E-state index in [4.69, 9.17) is 11.6 Å². The Kier molecular flexibility index (Phi) is 5.53. The van der Waals surface area contributed by atoms with E-state index in [0.717, 1.165) is 4.88 Å². The van der Waals surface area contributed by atoms with Gasteiger partial charge in [0, 0.05) is 27.6 Å². The number of hydrogen-bond donors (Lipinski definition) is 1. The Bertz CT molecular complexity index is 1280. The number of carbonyl (C=O) groups is 2. The number of non-ortho nitro benzene ring substituents is 1. The van der Waals surface area contributed by atoms with Gasteiger partial charge in [0.2, 0.25) is 0 Å². The number of rotatable bonds is 4. The minimum absolute atomic E-state index is 0.177. The van der Waals surface area contributed by atoms with Crippen LogP contribution in [0.3, 0.4) is 0 Å². The van der Waals surface area contributed by atoms with Crippen LogP contribution in [-0.2, 0) is 9.59 Å². The molecule has 2 heterocycles. The van der Waals surface area contributed by atoms with E-state index in [9.17, 15) is 24.8 Å². The van der Waals surface area contributed by atoms with Crippen LogP contribution in [0.2, 0.25) is 5.02 Å². The number of aryl methyl sites for hydroxylation is 2. The number of benzene rings is 2. The molecule has 1 amide bonds. The second kappa shape index (κ2) is 8.18. The second-order valence-corrected chi connectivity index (χ2v) is 8.78. The zero-order valence-corrected chi connectivity index (χ0v) is 18.5. The van der Waals surface area contributed by atoms with Crippen molar-refractivity contribution >= 4 is 51.2 Å². The number of nitrogens with zero attached hydrogens (tertiary/aromatic N) is 3. The largest absolute Gasteiger partial charge is 0.507 e. The summed E-state index contributed by atoms with van der Waals surface area (Å²) in [5, 5.41) is 23.1. The van der Waals surface area contributed by atoms with E-state index in [2.05, 4.69) is 4.98 Å². The Morgan fingerprint density at radius 3 is 2.47 bits per heavy atom. The highest BCUT2D eigenvalue weighted by Gasteiger charge is 2.48. The van der Waals surface area contributed by atoms with Crippen molar-refractivity contribution in [3.63, 3.8) is 0 Å². The van der Waals surface area contributed by atoms with Gasteiger partial charge in [0.25, 0.3) is 11.5 Å². The molecule has 10 heteroatoms. The summed E-state index contributed by atoms with van der Waals surface area (Å²) in [6.45, 7) is 3.62. The number of nitro groups is 1. The van der Waals surface area contributed by atoms with Gasteiger partial charge in [0.1, 0.15) is 5.76 Å². The highest BCUT2D eigenvalue weighted by atomic mass is 35.5. The molecule has 1 fully saturated rings. The molecular weight excluding hydrogens is 454 g/mol. The average molecular weight is 470 g/mol. The molecule has 0 aliphatic carbocycles. The fourth-order valence-electron chi connectivity index (χ4n) is 3.48. The summed E-state index contributed by atoms with van der Waals surface area (Å²) >= 11 is 7.15. The zero-order valence-electron chi connectivity index (χ0n) is 16.9. The summed E-state index contributed by atoms with van der Waals surface area (Å²) in [5.74, 6) is -2.17. The summed E-state index contributed by atoms with van der Waals surface area (Å²) in [5.41, 5.74) is 0.908. The van der Waals surface area contributed by atoms with Crippen molar-refractivity contribution in [2.24, 2.45) is 0 Å². The number of hydrogen-bond acceptors (Lipinski definition) is 7. The molecule has 0 spiro atoms. The van der Waals surface area contributed by atoms with Gasteiger partial charge in [-0.05, 0) is 43.7 Å². The van der Waals surface area contributed by atoms with E-state index in [-0.39, 0.29) is 22.0 Å². The van der Waals surface area contributed by atoms with Crippen molar-refractivity contribution in [3.8, 4) is 0 Å². The van der Waals surface area contributed by atoms with Crippen molar-refractivity contribution in [2.75, 3.05) is 4.90 Å². The van der Waals surface area contributed by atoms with E-state index >= 15 is 0 Å². The SMILES string of the molecule is Cc1nc(N2C(=O)C(=O)/C(=C(/O)c3ccc(Cl)cc3)C2c2cccc([N+](=O)[O-])c2)sc1C. The van der Waals surface area contributed by atoms with Crippen molar-refractivity contribution in [2.45, 2.75) is 19.9 Å². The van der Waals surface area contributed by atoms with Gasteiger partial charge in [0.15, 0.2) is 5.13 Å². The molecule has 2 aromatic carbocycles. The maximum atomic E-state index is 13.1. The quantitative estimate of drug-likeness (QED) is 0.190. The number of aliphatic hydroxyl groups is 1. The van der Waals surface area contributed by atoms with Gasteiger partial charge in [-0.1, -0.05) is 23.7 Å². The molecule has 0 saturated carbocycles. The van der Waals surface area contributed by atoms with Gasteiger partial charge in [-0.3, -0.25) is 24.6 Å². The molecular formula is C22H16ClN3O5S. The van der Waals surface area contributed by atoms with Crippen LogP contribution in [0.5, 0.6) is 0 Å². The van der Waals surface area contributed by atoms with E-state index in [0.29, 0.717) is 16.3 Å². The lowest BCUT2D eigenvalue weighted by molar-refractivity contribution is -0.384. The molecule has 1 aromatic heterocycles. The van der Waals surface area contributed by atoms with Crippen LogP contribution < -0.4 is 4.90 Å². The molecule has 4 rings (SSSR count). The number of halogens is 1. The number of aliphatic hydroxyl groups excluding tert-OH is 1. The molecule has 3 aromatic rings. The van der Waals surface area contributed by atoms with E-state index in [1.165, 1.54) is 46.6 Å². The minimum Gasteiger partial charge on any atom is -0.507 e. The maximum absolute atomic E-state index is 13.1. The predicted octanol–water partition coefficient (Wildman–Crippen LogP) is 4.95. The number of carbonyl (C=O) groups excluding carboxylic acids is 2. The summed E-state index contributed by atoms with van der Waals surface area (Å²) in [6.07, 6.45) is 0. The lowest BCUT2D eigenvalue weighted by Gasteiger charge is -2.22. The fraction of sp³-hybridized carbons (Fsp3) is 0.136. The first-order valence-corrected chi connectivity index (χ1v) is 10.6. The second-order valence-electron chi connectivity index (χ2n) is 7.17. The third-order valence-electron chi connectivity index (χ3n) is 5.18. The summed E-state index contributed by atoms with van der Waals surface area (Å²) in [6, 6.07) is 10.7. The third kappa shape index (κ3) is 3.65. The normalized spacial score (nSPS) is 17.7. The van der Waals surface area contributed by atoms with Gasteiger partial charge in [-0.25, -0.2) is 4.98 Å². The monoisotopic (exact) mass is 469 g/mol. The zero-order chi connectivity index (χ0) is 23.2. The Labute approximate surface area is 191 Å². The molecule has 1 N–H and O–H groups in total. The van der Waals surface area contributed by atoms with Crippen LogP contribution in [0, 0.1) is 24.0 Å². The maximum Gasteiger partial charge on any atom is 0.301 e. The van der Waals surface area contributed by atoms with Gasteiger partial charge in [-0.2, -0.15) is 0 Å². The fourth-order valence-corrected chi connectivity index (χ4v) is 4.54. The Balaban J connectivity index is 1.97. The lowest BCUT2D eigenvalue weighted by Crippen LogP contribution is -2.29. The lowest BCUT2D eigenvalue weighted by atomic mass is 9.95. The third-order valence-corrected chi connectivity index (χ3v) is 6.51. The number of amides is 1. The van der Waals surface area contributed by atoms with Gasteiger partial charge >= 0.3 is 5.91 Å². The first-order valence-electron chi connectivity index (χ1n) is 9.44. The molecule has 1 saturated heterocycles. The van der Waals surface area contributed by atoms with Gasteiger partial charge in [0.05, 0.1) is 22.2 Å². The highest BCUT2D eigenvalue weighted by Crippen LogP contribution is 2.44. The van der Waals surface area contributed by atoms with Crippen molar-refractivity contribution in [1.82, 2.24) is 4.98 Å². The van der Waals surface area contributed by atoms with E-state index < -0.39 is 28.4 Å². The molecule has 0 bridgehead atoms. The smallest absolute Gasteiger partial charge is 0.301 e. The van der Waals surface area contributed by atoms with Crippen molar-refractivity contribution in [3.05, 3.63) is 90.9 Å². The molecule has 8 nitrogen and oxygen atoms in total. The highest BCUT2D eigenvalue weighted by molar-refractivity contribution is 7.16. The molecule has 1 aliphatic rings. The first-order chi connectivity index (χ1) is 15.2. The molecule has 1 aliphatic heterocycles. The summed E-state index contributed by atoms with van der Waals surface area (Å²) in [4.78, 5) is 43.4. The summed E-state index contributed by atoms with van der Waals surface area (Å²) < 4.78 is 0. The van der Waals surface area contributed by atoms with Crippen LogP contribution in [0.4, 0.5) is 10.8 Å². The van der Waals surface area contributed by atoms with Crippen molar-refractivity contribution < 1.29 is 19.6 Å². The number of anilines is 1. The Morgan fingerprint density at radius 1 is 1.19 bits per heavy atom.